The largest absolute Gasteiger partial charge is 0.369 e. The molecule has 39 heavy (non-hydrogen) atoms. The molecule has 2 aromatic carbocycles. The molecule has 2 aliphatic rings. The van der Waals surface area contributed by atoms with Crippen LogP contribution >= 0.6 is 0 Å². The summed E-state index contributed by atoms with van der Waals surface area (Å²) in [5.41, 5.74) is 7.14. The Labute approximate surface area is 228 Å². The molecule has 2 fully saturated rings. The predicted octanol–water partition coefficient (Wildman–Crippen LogP) is 3.91. The molecule has 0 radical (unpaired) electrons. The van der Waals surface area contributed by atoms with Crippen molar-refractivity contribution in [2.24, 2.45) is 10.7 Å². The number of carbonyl (C=O) groups excluding carboxylic acids is 3. The summed E-state index contributed by atoms with van der Waals surface area (Å²) in [6.07, 6.45) is 14.0. The Kier molecular flexibility index (Phi) is 12.6. The van der Waals surface area contributed by atoms with Crippen molar-refractivity contribution in [2.45, 2.75) is 45.4 Å². The van der Waals surface area contributed by atoms with Crippen LogP contribution in [-0.4, -0.2) is 59.7 Å². The van der Waals surface area contributed by atoms with Crippen LogP contribution in [0.3, 0.4) is 0 Å². The van der Waals surface area contributed by atoms with Crippen molar-refractivity contribution in [1.29, 1.82) is 0 Å². The smallest absolute Gasteiger partial charge is 0.258 e. The lowest BCUT2D eigenvalue weighted by molar-refractivity contribution is -0.139. The number of benzene rings is 2. The normalized spacial score (nSPS) is 15.3. The number of guanidine groups is 1. The first kappa shape index (κ1) is 31.0. The van der Waals surface area contributed by atoms with Gasteiger partial charge in [-0.25, -0.2) is 13.8 Å². The average Bonchev–Trinajstić information content (AvgIpc) is 3.38. The van der Waals surface area contributed by atoms with Crippen molar-refractivity contribution >= 4 is 29.4 Å². The molecule has 2 aliphatic heterocycles. The van der Waals surface area contributed by atoms with Gasteiger partial charge < -0.3 is 15.5 Å². The van der Waals surface area contributed by atoms with Gasteiger partial charge in [0.1, 0.15) is 0 Å². The van der Waals surface area contributed by atoms with Crippen molar-refractivity contribution in [1.82, 2.24) is 15.1 Å². The number of amides is 3. The quantitative estimate of drug-likeness (QED) is 0.349. The number of hydrogen-bond acceptors (Lipinski definition) is 4. The number of terminal acetylenes is 1. The van der Waals surface area contributed by atoms with Crippen LogP contribution in [0.4, 0.5) is 14.5 Å². The van der Waals surface area contributed by atoms with Crippen LogP contribution in [-0.2, 0) is 9.59 Å². The van der Waals surface area contributed by atoms with Gasteiger partial charge in [-0.2, -0.15) is 0 Å². The number of carbonyl (C=O) groups is 3. The van der Waals surface area contributed by atoms with E-state index in [0.29, 0.717) is 18.7 Å². The Morgan fingerprint density at radius 3 is 2.33 bits per heavy atom. The van der Waals surface area contributed by atoms with E-state index in [4.69, 9.17) is 5.73 Å². The van der Waals surface area contributed by atoms with Gasteiger partial charge in [0.15, 0.2) is 11.6 Å². The number of halogens is 2. The molecule has 10 heteroatoms. The molecule has 2 heterocycles. The summed E-state index contributed by atoms with van der Waals surface area (Å²) in [5, 5.41) is 2.31. The number of nitrogens with two attached hydrogens (primary N) is 1. The van der Waals surface area contributed by atoms with Crippen molar-refractivity contribution in [3.05, 3.63) is 65.2 Å². The van der Waals surface area contributed by atoms with Crippen molar-refractivity contribution in [3.63, 3.8) is 0 Å². The number of rotatable bonds is 4. The zero-order chi connectivity index (χ0) is 28.8. The molecule has 0 atom stereocenters. The zero-order valence-corrected chi connectivity index (χ0v) is 22.2. The van der Waals surface area contributed by atoms with E-state index in [9.17, 15) is 23.2 Å². The number of aryl methyl sites for hydroxylation is 1. The molecule has 208 valence electrons. The maximum atomic E-state index is 13.1. The van der Waals surface area contributed by atoms with Crippen LogP contribution in [0.5, 0.6) is 0 Å². The topological polar surface area (TPSA) is 108 Å². The minimum absolute atomic E-state index is 0.0451. The number of aliphatic imine (C=N–C) groups is 1. The predicted molar refractivity (Wildman–Crippen MR) is 147 cm³/mol. The molecule has 2 aromatic rings. The molecule has 0 unspecified atom stereocenters. The highest BCUT2D eigenvalue weighted by Crippen LogP contribution is 2.14. The first-order chi connectivity index (χ1) is 18.7. The summed E-state index contributed by atoms with van der Waals surface area (Å²) >= 11 is 0. The number of likely N-dealkylation sites (tertiary alicyclic amines) is 2. The van der Waals surface area contributed by atoms with E-state index in [0.717, 1.165) is 75.5 Å². The third-order valence-electron chi connectivity index (χ3n) is 6.13. The van der Waals surface area contributed by atoms with Gasteiger partial charge >= 0.3 is 0 Å². The molecule has 3 N–H and O–H groups in total. The first-order valence-electron chi connectivity index (χ1n) is 12.8. The third kappa shape index (κ3) is 10.2. The van der Waals surface area contributed by atoms with E-state index in [2.05, 4.69) is 23.2 Å². The Hall–Kier alpha value is -4.26. The zero-order valence-electron chi connectivity index (χ0n) is 22.2. The summed E-state index contributed by atoms with van der Waals surface area (Å²) in [5.74, 6) is -2.62. The van der Waals surface area contributed by atoms with Gasteiger partial charge in [-0.3, -0.25) is 19.7 Å². The second-order valence-electron chi connectivity index (χ2n) is 9.13. The fraction of sp³-hybridized carbons (Fsp3) is 0.379. The third-order valence-corrected chi connectivity index (χ3v) is 6.13. The maximum Gasteiger partial charge on any atom is 0.258 e. The Morgan fingerprint density at radius 1 is 0.974 bits per heavy atom. The van der Waals surface area contributed by atoms with Gasteiger partial charge in [0.25, 0.3) is 5.91 Å². The minimum Gasteiger partial charge on any atom is -0.369 e. The van der Waals surface area contributed by atoms with Crippen LogP contribution in [0.15, 0.2) is 47.5 Å². The highest BCUT2D eigenvalue weighted by Gasteiger charge is 2.23. The van der Waals surface area contributed by atoms with Gasteiger partial charge in [-0.1, -0.05) is 18.6 Å². The molecule has 0 bridgehead atoms. The number of hydrogen-bond donors (Lipinski definition) is 2. The van der Waals surface area contributed by atoms with Crippen molar-refractivity contribution in [2.75, 3.05) is 26.2 Å². The summed E-state index contributed by atoms with van der Waals surface area (Å²) < 4.78 is 25.8. The molecule has 0 aromatic heterocycles. The fourth-order valence-corrected chi connectivity index (χ4v) is 4.13. The highest BCUT2D eigenvalue weighted by atomic mass is 19.2. The standard InChI is InChI=1S/C15H13F2N3O.C12H20N2O2.C2H2/c1-9-3-2-4-11(7-9)19-15(18)20-14(21)10-5-6-12(16)13(17)8-10;15-11-6-2-1-3-9-14(11)10-12(16)13-7-4-5-8-13;1-2/h2-8H,1H3,(H3,18,19,20,21);1-10H2;1-2H. The monoisotopic (exact) mass is 539 g/mol. The first-order valence-corrected chi connectivity index (χ1v) is 12.8. The second-order valence-corrected chi connectivity index (χ2v) is 9.13. The van der Waals surface area contributed by atoms with E-state index in [-0.39, 0.29) is 23.3 Å². The van der Waals surface area contributed by atoms with Gasteiger partial charge in [0, 0.05) is 31.6 Å². The van der Waals surface area contributed by atoms with Gasteiger partial charge in [-0.15, -0.1) is 12.8 Å². The van der Waals surface area contributed by atoms with Gasteiger partial charge in [0.05, 0.1) is 12.2 Å². The molecule has 0 saturated carbocycles. The fourth-order valence-electron chi connectivity index (χ4n) is 4.13. The Morgan fingerprint density at radius 2 is 1.67 bits per heavy atom. The number of nitrogens with zero attached hydrogens (tertiary/aromatic N) is 3. The summed E-state index contributed by atoms with van der Waals surface area (Å²) in [6.45, 7) is 4.72. The summed E-state index contributed by atoms with van der Waals surface area (Å²) in [4.78, 5) is 43.1. The van der Waals surface area contributed by atoms with E-state index < -0.39 is 17.5 Å². The Bertz CT molecular complexity index is 1190. The molecular formula is C29H35F2N5O3. The molecule has 0 spiro atoms. The van der Waals surface area contributed by atoms with E-state index >= 15 is 0 Å². The van der Waals surface area contributed by atoms with Crippen LogP contribution in [0.25, 0.3) is 0 Å². The van der Waals surface area contributed by atoms with Gasteiger partial charge in [0.2, 0.25) is 17.8 Å². The molecule has 0 aliphatic carbocycles. The van der Waals surface area contributed by atoms with Crippen molar-refractivity contribution < 1.29 is 23.2 Å². The lowest BCUT2D eigenvalue weighted by Crippen LogP contribution is -2.41. The minimum atomic E-state index is -1.10. The Balaban J connectivity index is 0.000000265. The van der Waals surface area contributed by atoms with E-state index in [1.807, 2.05) is 17.9 Å². The highest BCUT2D eigenvalue weighted by molar-refractivity contribution is 6.05. The van der Waals surface area contributed by atoms with Crippen LogP contribution in [0, 0.1) is 31.4 Å². The lowest BCUT2D eigenvalue weighted by atomic mass is 10.2. The van der Waals surface area contributed by atoms with Crippen LogP contribution < -0.4 is 11.1 Å². The molecular weight excluding hydrogens is 504 g/mol. The van der Waals surface area contributed by atoms with E-state index in [1.54, 1.807) is 23.1 Å². The molecule has 2 saturated heterocycles. The van der Waals surface area contributed by atoms with Crippen molar-refractivity contribution in [3.8, 4) is 12.8 Å². The summed E-state index contributed by atoms with van der Waals surface area (Å²) in [7, 11) is 0. The van der Waals surface area contributed by atoms with Crippen LogP contribution in [0.1, 0.15) is 54.4 Å². The molecule has 4 rings (SSSR count). The van der Waals surface area contributed by atoms with Crippen LogP contribution in [0.2, 0.25) is 0 Å². The van der Waals surface area contributed by atoms with E-state index in [1.165, 1.54) is 0 Å². The summed E-state index contributed by atoms with van der Waals surface area (Å²) in [6, 6.07) is 10.0. The number of nitrogens with one attached hydrogen (secondary N) is 1. The van der Waals surface area contributed by atoms with Gasteiger partial charge in [-0.05, 0) is 68.5 Å². The lowest BCUT2D eigenvalue weighted by Gasteiger charge is -2.23. The molecule has 3 amide bonds. The second kappa shape index (κ2) is 15.9. The maximum absolute atomic E-state index is 13.1. The SMILES string of the molecule is C#C.Cc1cccc(N=C(N)NC(=O)c2ccc(F)c(F)c2)c1.O=C(CN1CCCCCC1=O)N1CCCC1. The molecule has 8 nitrogen and oxygen atoms in total. The average molecular weight is 540 g/mol.